The smallest absolute Gasteiger partial charge is 0.00498 e. The molecule has 0 fully saturated rings. The predicted octanol–water partition coefficient (Wildman–Crippen LogP) is 6.26. The lowest BCUT2D eigenvalue weighted by molar-refractivity contribution is 0.590. The fourth-order valence-corrected chi connectivity index (χ4v) is 2.30. The summed E-state index contributed by atoms with van der Waals surface area (Å²) in [6, 6.07) is 19.1. The van der Waals surface area contributed by atoms with Gasteiger partial charge in [0.2, 0.25) is 0 Å². The van der Waals surface area contributed by atoms with Crippen molar-refractivity contribution < 1.29 is 0 Å². The van der Waals surface area contributed by atoms with E-state index < -0.39 is 0 Å². The van der Waals surface area contributed by atoms with Gasteiger partial charge in [-0.25, -0.2) is 0 Å². The van der Waals surface area contributed by atoms with Gasteiger partial charge in [-0.05, 0) is 34.6 Å². The Hall–Kier alpha value is -2.30. The zero-order valence-electron chi connectivity index (χ0n) is 13.8. The van der Waals surface area contributed by atoms with Crippen LogP contribution in [0.15, 0.2) is 73.0 Å². The van der Waals surface area contributed by atoms with Gasteiger partial charge in [0, 0.05) is 5.57 Å². The molecular weight excluding hydrogens is 264 g/mol. The van der Waals surface area contributed by atoms with E-state index in [1.807, 2.05) is 30.4 Å². The number of allylic oxidation sites excluding steroid dienone is 2. The third kappa shape index (κ3) is 4.35. The normalized spacial score (nSPS) is 10.7. The lowest BCUT2D eigenvalue weighted by Crippen LogP contribution is -2.10. The van der Waals surface area contributed by atoms with Crippen LogP contribution in [0.5, 0.6) is 0 Å². The van der Waals surface area contributed by atoms with E-state index in [1.165, 1.54) is 16.7 Å². The van der Waals surface area contributed by atoms with Crippen LogP contribution in [-0.4, -0.2) is 0 Å². The Bertz CT molecular complexity index is 673. The summed E-state index contributed by atoms with van der Waals surface area (Å²) in [7, 11) is 0. The lowest BCUT2D eigenvalue weighted by atomic mass is 9.86. The molecule has 0 aliphatic heterocycles. The van der Waals surface area contributed by atoms with Crippen molar-refractivity contribution in [2.75, 3.05) is 0 Å². The maximum atomic E-state index is 3.86. The Morgan fingerprint density at radius 2 is 1.64 bits per heavy atom. The Kier molecular flexibility index (Phi) is 5.20. The van der Waals surface area contributed by atoms with Crippen molar-refractivity contribution in [2.45, 2.75) is 32.6 Å². The molecule has 0 nitrogen and oxygen atoms in total. The van der Waals surface area contributed by atoms with Crippen LogP contribution in [0.3, 0.4) is 0 Å². The largest absolute Gasteiger partial charge is 0.116 e. The lowest BCUT2D eigenvalue weighted by Gasteiger charge is -2.19. The molecule has 0 aliphatic rings. The number of benzene rings is 2. The summed E-state index contributed by atoms with van der Waals surface area (Å²) in [5, 5.41) is 0. The standard InChI is InChI=1S/C22H24/c1-5-9-19(13-12-18-10-7-6-8-11-18)20-14-16-21(17-15-20)22(2,3)4/h5-8,10-12,14-17H,1,9H2,2-4H3. The maximum absolute atomic E-state index is 3.86. The monoisotopic (exact) mass is 288 g/mol. The van der Waals surface area contributed by atoms with Crippen molar-refractivity contribution in [1.82, 2.24) is 0 Å². The molecule has 0 aliphatic carbocycles. The van der Waals surface area contributed by atoms with Crippen LogP contribution in [0.4, 0.5) is 0 Å². The molecule has 22 heavy (non-hydrogen) atoms. The molecule has 2 rings (SSSR count). The Balaban J connectivity index is 2.36. The number of rotatable bonds is 4. The molecule has 2 aromatic carbocycles. The van der Waals surface area contributed by atoms with E-state index >= 15 is 0 Å². The fraction of sp³-hybridized carbons (Fsp3) is 0.227. The second kappa shape index (κ2) is 7.11. The summed E-state index contributed by atoms with van der Waals surface area (Å²) in [4.78, 5) is 0. The van der Waals surface area contributed by atoms with E-state index in [0.29, 0.717) is 0 Å². The van der Waals surface area contributed by atoms with Gasteiger partial charge >= 0.3 is 0 Å². The quantitative estimate of drug-likeness (QED) is 0.460. The molecule has 0 heterocycles. The molecule has 0 heteroatoms. The number of hydrogen-bond acceptors (Lipinski definition) is 0. The Morgan fingerprint density at radius 3 is 2.18 bits per heavy atom. The van der Waals surface area contributed by atoms with Crippen LogP contribution in [0.1, 0.15) is 43.9 Å². The van der Waals surface area contributed by atoms with Crippen molar-refractivity contribution in [1.29, 1.82) is 0 Å². The van der Waals surface area contributed by atoms with Crippen LogP contribution < -0.4 is 0 Å². The predicted molar refractivity (Wildman–Crippen MR) is 97.8 cm³/mol. The molecular formula is C22H24. The average Bonchev–Trinajstić information content (AvgIpc) is 2.52. The summed E-state index contributed by atoms with van der Waals surface area (Å²) in [5.74, 6) is 0. The van der Waals surface area contributed by atoms with Crippen molar-refractivity contribution in [2.24, 2.45) is 0 Å². The first kappa shape index (κ1) is 16.1. The van der Waals surface area contributed by atoms with Gasteiger partial charge in [0.05, 0.1) is 0 Å². The summed E-state index contributed by atoms with van der Waals surface area (Å²) in [6.07, 6.45) is 4.79. The van der Waals surface area contributed by atoms with Crippen molar-refractivity contribution >= 4 is 11.6 Å². The highest BCUT2D eigenvalue weighted by molar-refractivity contribution is 5.70. The van der Waals surface area contributed by atoms with Crippen LogP contribution in [0.25, 0.3) is 11.6 Å². The van der Waals surface area contributed by atoms with Gasteiger partial charge in [-0.2, -0.15) is 0 Å². The first-order chi connectivity index (χ1) is 10.5. The zero-order valence-corrected chi connectivity index (χ0v) is 13.8. The first-order valence-corrected chi connectivity index (χ1v) is 7.73. The van der Waals surface area contributed by atoms with E-state index in [-0.39, 0.29) is 5.41 Å². The van der Waals surface area contributed by atoms with Crippen molar-refractivity contribution in [3.05, 3.63) is 89.7 Å². The zero-order chi connectivity index (χ0) is 16.0. The van der Waals surface area contributed by atoms with Gasteiger partial charge in [-0.15, -0.1) is 12.3 Å². The van der Waals surface area contributed by atoms with Crippen molar-refractivity contribution in [3.63, 3.8) is 0 Å². The summed E-state index contributed by atoms with van der Waals surface area (Å²) >= 11 is 0. The average molecular weight is 288 g/mol. The first-order valence-electron chi connectivity index (χ1n) is 7.73. The van der Waals surface area contributed by atoms with Crippen LogP contribution >= 0.6 is 0 Å². The summed E-state index contributed by atoms with van der Waals surface area (Å²) < 4.78 is 0. The molecule has 0 spiro atoms. The fourth-order valence-electron chi connectivity index (χ4n) is 2.30. The molecule has 0 bridgehead atoms. The molecule has 112 valence electrons. The SMILES string of the molecule is C=CCC(=C=Cc1ccccc1)c1ccc(C(C)(C)C)cc1. The van der Waals surface area contributed by atoms with Gasteiger partial charge in [0.1, 0.15) is 0 Å². The van der Waals surface area contributed by atoms with Gasteiger partial charge in [-0.3, -0.25) is 0 Å². The molecule has 0 atom stereocenters. The minimum Gasteiger partial charge on any atom is -0.116 e. The molecule has 0 N–H and O–H groups in total. The van der Waals surface area contributed by atoms with E-state index in [4.69, 9.17) is 0 Å². The van der Waals surface area contributed by atoms with Crippen LogP contribution in [-0.2, 0) is 5.41 Å². The highest BCUT2D eigenvalue weighted by Gasteiger charge is 2.13. The highest BCUT2D eigenvalue weighted by Crippen LogP contribution is 2.25. The van der Waals surface area contributed by atoms with E-state index in [9.17, 15) is 0 Å². The molecule has 0 saturated heterocycles. The third-order valence-corrected chi connectivity index (χ3v) is 3.66. The molecule has 0 radical (unpaired) electrons. The second-order valence-electron chi connectivity index (χ2n) is 6.50. The highest BCUT2D eigenvalue weighted by atomic mass is 14.2. The summed E-state index contributed by atoms with van der Waals surface area (Å²) in [6.45, 7) is 10.6. The molecule has 2 aromatic rings. The maximum Gasteiger partial charge on any atom is 0.00498 e. The third-order valence-electron chi connectivity index (χ3n) is 3.66. The topological polar surface area (TPSA) is 0 Å². The van der Waals surface area contributed by atoms with Gasteiger partial charge < -0.3 is 0 Å². The van der Waals surface area contributed by atoms with Crippen LogP contribution in [0, 0.1) is 0 Å². The molecule has 0 unspecified atom stereocenters. The Morgan fingerprint density at radius 1 is 1.00 bits per heavy atom. The van der Waals surface area contributed by atoms with Gasteiger partial charge in [-0.1, -0.05) is 81.4 Å². The Labute approximate surface area is 134 Å². The van der Waals surface area contributed by atoms with Gasteiger partial charge in [0.25, 0.3) is 0 Å². The second-order valence-corrected chi connectivity index (χ2v) is 6.50. The van der Waals surface area contributed by atoms with E-state index in [2.05, 4.69) is 69.5 Å². The van der Waals surface area contributed by atoms with Crippen LogP contribution in [0.2, 0.25) is 0 Å². The molecule has 0 saturated carbocycles. The summed E-state index contributed by atoms with van der Waals surface area (Å²) in [5.41, 5.74) is 8.50. The van der Waals surface area contributed by atoms with E-state index in [0.717, 1.165) is 12.0 Å². The van der Waals surface area contributed by atoms with Gasteiger partial charge in [0.15, 0.2) is 0 Å². The minimum absolute atomic E-state index is 0.181. The van der Waals surface area contributed by atoms with Crippen molar-refractivity contribution in [3.8, 4) is 0 Å². The van der Waals surface area contributed by atoms with E-state index in [1.54, 1.807) is 0 Å². The molecule has 0 amide bonds. The molecule has 0 aromatic heterocycles. The number of hydrogen-bond donors (Lipinski definition) is 0. The minimum atomic E-state index is 0.181.